The summed E-state index contributed by atoms with van der Waals surface area (Å²) in [6, 6.07) is 5.10. The van der Waals surface area contributed by atoms with E-state index in [-0.39, 0.29) is 5.56 Å². The molecule has 0 aliphatic heterocycles. The summed E-state index contributed by atoms with van der Waals surface area (Å²) in [7, 11) is 0. The molecular weight excluding hydrogens is 539 g/mol. The number of hydrogen-bond donors (Lipinski definition) is 1. The van der Waals surface area contributed by atoms with Gasteiger partial charge >= 0.3 is 41.7 Å². The van der Waals surface area contributed by atoms with Crippen molar-refractivity contribution in [2.75, 3.05) is 0 Å². The molecule has 0 unspecified atom stereocenters. The number of nitrogens with zero attached hydrogens (tertiary/aromatic N) is 1. The Hall–Kier alpha value is -2.07. The molecule has 1 N–H and O–H groups in total. The van der Waals surface area contributed by atoms with Crippen LogP contribution in [0, 0.1) is 0 Å². The van der Waals surface area contributed by atoms with Gasteiger partial charge in [-0.05, 0) is 17.7 Å². The van der Waals surface area contributed by atoms with Crippen molar-refractivity contribution >= 4 is 28.1 Å². The fourth-order valence-corrected chi connectivity index (χ4v) is 1.96. The number of halogens is 14. The Morgan fingerprint density at radius 1 is 0.742 bits per heavy atom. The average Bonchev–Trinajstić information content (AvgIpc) is 2.61. The SMILES string of the molecule is O=C(N/N=C/c1ccc(Br)cc1)C(F)(F)C(F)(F)C(F)(F)C(F)(F)C(F)(F)C(F)(F)F. The zero-order valence-corrected chi connectivity index (χ0v) is 15.6. The summed E-state index contributed by atoms with van der Waals surface area (Å²) in [6.45, 7) is 0. The van der Waals surface area contributed by atoms with Crippen LogP contribution >= 0.6 is 15.9 Å². The maximum absolute atomic E-state index is 13.5. The van der Waals surface area contributed by atoms with Crippen LogP contribution in [0.3, 0.4) is 0 Å². The van der Waals surface area contributed by atoms with Gasteiger partial charge in [0.25, 0.3) is 0 Å². The second-order valence-corrected chi connectivity index (χ2v) is 6.54. The van der Waals surface area contributed by atoms with E-state index in [2.05, 4.69) is 21.0 Å². The van der Waals surface area contributed by atoms with E-state index in [1.54, 1.807) is 0 Å². The standard InChI is InChI=1S/C14H6BrF13N2O/c15-7-3-1-6(2-4-7)5-29-30-8(31)9(16,17)10(18,19)11(20,21)12(22,23)13(24,25)14(26,27)28/h1-5H,(H,30,31)/b29-5+. The predicted octanol–water partition coefficient (Wildman–Crippen LogP) is 5.64. The van der Waals surface area contributed by atoms with Crippen molar-refractivity contribution in [2.24, 2.45) is 5.10 Å². The monoisotopic (exact) mass is 544 g/mol. The molecule has 0 saturated carbocycles. The van der Waals surface area contributed by atoms with Crippen LogP contribution < -0.4 is 5.43 Å². The minimum atomic E-state index is -8.08. The van der Waals surface area contributed by atoms with Crippen molar-refractivity contribution in [1.82, 2.24) is 5.43 Å². The second kappa shape index (κ2) is 8.12. The van der Waals surface area contributed by atoms with Crippen molar-refractivity contribution in [1.29, 1.82) is 0 Å². The Balaban J connectivity index is 3.23. The van der Waals surface area contributed by atoms with Crippen LogP contribution in [-0.4, -0.2) is 47.9 Å². The fraction of sp³-hybridized carbons (Fsp3) is 0.429. The van der Waals surface area contributed by atoms with Gasteiger partial charge in [-0.3, -0.25) is 4.79 Å². The molecule has 1 aromatic carbocycles. The first-order valence-corrected chi connectivity index (χ1v) is 7.98. The van der Waals surface area contributed by atoms with E-state index in [0.717, 1.165) is 0 Å². The van der Waals surface area contributed by atoms with Gasteiger partial charge in [-0.15, -0.1) is 0 Å². The summed E-state index contributed by atoms with van der Waals surface area (Å²) in [4.78, 5) is 11.1. The highest BCUT2D eigenvalue weighted by atomic mass is 79.9. The molecule has 1 aromatic rings. The predicted molar refractivity (Wildman–Crippen MR) is 80.7 cm³/mol. The number of carbonyl (C=O) groups excluding carboxylic acids is 1. The van der Waals surface area contributed by atoms with E-state index in [0.29, 0.717) is 16.1 Å². The normalized spacial score (nSPS) is 14.8. The Bertz CT molecular complexity index is 834. The van der Waals surface area contributed by atoms with Gasteiger partial charge in [-0.2, -0.15) is 62.2 Å². The van der Waals surface area contributed by atoms with Crippen molar-refractivity contribution in [3.8, 4) is 0 Å². The first kappa shape index (κ1) is 27.0. The van der Waals surface area contributed by atoms with Crippen LogP contribution in [0.1, 0.15) is 5.56 Å². The summed E-state index contributed by atoms with van der Waals surface area (Å²) in [6.07, 6.45) is -7.02. The maximum atomic E-state index is 13.5. The third-order valence-corrected chi connectivity index (χ3v) is 4.00. The van der Waals surface area contributed by atoms with Gasteiger partial charge in [0.05, 0.1) is 6.21 Å². The van der Waals surface area contributed by atoms with E-state index >= 15 is 0 Å². The lowest BCUT2D eigenvalue weighted by Gasteiger charge is -2.38. The van der Waals surface area contributed by atoms with E-state index in [1.165, 1.54) is 24.3 Å². The molecule has 0 aliphatic carbocycles. The molecular formula is C14H6BrF13N2O. The number of amides is 1. The molecule has 0 saturated heterocycles. The number of alkyl halides is 13. The van der Waals surface area contributed by atoms with E-state index < -0.39 is 41.7 Å². The Kier molecular flexibility index (Phi) is 7.07. The molecule has 1 amide bonds. The molecule has 0 heterocycles. The van der Waals surface area contributed by atoms with Gasteiger partial charge in [0, 0.05) is 4.47 Å². The molecule has 0 fully saturated rings. The number of hydrogen-bond acceptors (Lipinski definition) is 2. The molecule has 3 nitrogen and oxygen atoms in total. The highest BCUT2D eigenvalue weighted by Crippen LogP contribution is 2.60. The van der Waals surface area contributed by atoms with Crippen molar-refractivity contribution in [3.05, 3.63) is 34.3 Å². The summed E-state index contributed by atoms with van der Waals surface area (Å²) < 4.78 is 168. The van der Waals surface area contributed by atoms with Crippen molar-refractivity contribution in [3.63, 3.8) is 0 Å². The lowest BCUT2D eigenvalue weighted by Crippen LogP contribution is -2.71. The minimum Gasteiger partial charge on any atom is -0.266 e. The first-order chi connectivity index (χ1) is 13.6. The number of hydrazone groups is 1. The smallest absolute Gasteiger partial charge is 0.266 e. The quantitative estimate of drug-likeness (QED) is 0.269. The molecule has 0 radical (unpaired) electrons. The molecule has 31 heavy (non-hydrogen) atoms. The lowest BCUT2D eigenvalue weighted by molar-refractivity contribution is -0.436. The number of carbonyl (C=O) groups is 1. The topological polar surface area (TPSA) is 41.5 Å². The van der Waals surface area contributed by atoms with Crippen molar-refractivity contribution < 1.29 is 61.9 Å². The van der Waals surface area contributed by atoms with Gasteiger partial charge in [-0.1, -0.05) is 28.1 Å². The largest absolute Gasteiger partial charge is 0.460 e. The number of benzene rings is 1. The Labute approximate surface area is 171 Å². The second-order valence-electron chi connectivity index (χ2n) is 5.62. The number of rotatable bonds is 7. The van der Waals surface area contributed by atoms with E-state index in [4.69, 9.17) is 0 Å². The zero-order valence-electron chi connectivity index (χ0n) is 14.0. The molecule has 1 rings (SSSR count). The van der Waals surface area contributed by atoms with Gasteiger partial charge < -0.3 is 0 Å². The first-order valence-electron chi connectivity index (χ1n) is 7.19. The van der Waals surface area contributed by atoms with Gasteiger partial charge in [-0.25, -0.2) is 5.43 Å². The molecule has 0 atom stereocenters. The van der Waals surface area contributed by atoms with Crippen LogP contribution in [0.15, 0.2) is 33.8 Å². The minimum absolute atomic E-state index is 0.0141. The average molecular weight is 545 g/mol. The van der Waals surface area contributed by atoms with Crippen LogP contribution in [0.4, 0.5) is 57.1 Å². The highest BCUT2D eigenvalue weighted by Gasteiger charge is 2.91. The maximum Gasteiger partial charge on any atom is 0.460 e. The fourth-order valence-electron chi connectivity index (χ4n) is 1.70. The van der Waals surface area contributed by atoms with E-state index in [1.807, 2.05) is 0 Å². The molecule has 0 aromatic heterocycles. The lowest BCUT2D eigenvalue weighted by atomic mass is 9.93. The van der Waals surface area contributed by atoms with E-state index in [9.17, 15) is 61.9 Å². The van der Waals surface area contributed by atoms with Crippen LogP contribution in [0.2, 0.25) is 0 Å². The third-order valence-electron chi connectivity index (χ3n) is 3.47. The van der Waals surface area contributed by atoms with Gasteiger partial charge in [0.1, 0.15) is 0 Å². The molecule has 176 valence electrons. The van der Waals surface area contributed by atoms with Crippen molar-refractivity contribution in [2.45, 2.75) is 35.8 Å². The summed E-state index contributed by atoms with van der Waals surface area (Å²) in [5.41, 5.74) is 0.600. The summed E-state index contributed by atoms with van der Waals surface area (Å²) in [5, 5.41) is 2.67. The molecule has 17 heteroatoms. The third kappa shape index (κ3) is 4.45. The zero-order chi connectivity index (χ0) is 24.7. The van der Waals surface area contributed by atoms with Gasteiger partial charge in [0.15, 0.2) is 0 Å². The molecule has 0 bridgehead atoms. The molecule has 0 aliphatic rings. The Morgan fingerprint density at radius 3 is 1.58 bits per heavy atom. The number of nitrogens with one attached hydrogen (secondary N) is 1. The van der Waals surface area contributed by atoms with Crippen LogP contribution in [0.25, 0.3) is 0 Å². The van der Waals surface area contributed by atoms with Crippen LogP contribution in [0.5, 0.6) is 0 Å². The van der Waals surface area contributed by atoms with Crippen LogP contribution in [-0.2, 0) is 4.79 Å². The molecule has 0 spiro atoms. The summed E-state index contributed by atoms with van der Waals surface area (Å²) in [5.74, 6) is -42.1. The van der Waals surface area contributed by atoms with Gasteiger partial charge in [0.2, 0.25) is 0 Å². The Morgan fingerprint density at radius 2 is 1.16 bits per heavy atom. The summed E-state index contributed by atoms with van der Waals surface area (Å²) >= 11 is 2.99. The highest BCUT2D eigenvalue weighted by molar-refractivity contribution is 9.10.